The molecule has 1 unspecified atom stereocenters. The molecule has 0 fully saturated rings. The Kier molecular flexibility index (Phi) is 5.70. The van der Waals surface area contributed by atoms with Gasteiger partial charge < -0.3 is 10.5 Å². The Balaban J connectivity index is 2.46. The lowest BCUT2D eigenvalue weighted by atomic mass is 10.0. The molecule has 0 spiro atoms. The SMILES string of the molecule is CCOC(=O)CCC(N)c1ccc(CC)cc1. The highest BCUT2D eigenvalue weighted by atomic mass is 16.5. The zero-order valence-electron chi connectivity index (χ0n) is 10.6. The van der Waals surface area contributed by atoms with Gasteiger partial charge in [-0.1, -0.05) is 31.2 Å². The summed E-state index contributed by atoms with van der Waals surface area (Å²) in [4.78, 5) is 11.2. The van der Waals surface area contributed by atoms with E-state index in [0.717, 1.165) is 12.0 Å². The molecule has 1 rings (SSSR count). The van der Waals surface area contributed by atoms with E-state index in [2.05, 4.69) is 19.1 Å². The second kappa shape index (κ2) is 7.07. The number of ether oxygens (including phenoxy) is 1. The zero-order chi connectivity index (χ0) is 12.7. The highest BCUT2D eigenvalue weighted by Gasteiger charge is 2.09. The van der Waals surface area contributed by atoms with Crippen LogP contribution < -0.4 is 5.73 Å². The van der Waals surface area contributed by atoms with Gasteiger partial charge in [-0.2, -0.15) is 0 Å². The minimum Gasteiger partial charge on any atom is -0.466 e. The number of rotatable bonds is 6. The third-order valence-electron chi connectivity index (χ3n) is 2.78. The summed E-state index contributed by atoms with van der Waals surface area (Å²) < 4.78 is 4.87. The smallest absolute Gasteiger partial charge is 0.305 e. The van der Waals surface area contributed by atoms with E-state index < -0.39 is 0 Å². The lowest BCUT2D eigenvalue weighted by Crippen LogP contribution is -2.13. The van der Waals surface area contributed by atoms with Crippen LogP contribution in [-0.4, -0.2) is 12.6 Å². The van der Waals surface area contributed by atoms with E-state index in [0.29, 0.717) is 19.4 Å². The van der Waals surface area contributed by atoms with Crippen LogP contribution in [0, 0.1) is 0 Å². The molecule has 17 heavy (non-hydrogen) atoms. The molecule has 1 aromatic carbocycles. The van der Waals surface area contributed by atoms with E-state index in [9.17, 15) is 4.79 Å². The van der Waals surface area contributed by atoms with Gasteiger partial charge in [-0.3, -0.25) is 4.79 Å². The summed E-state index contributed by atoms with van der Waals surface area (Å²) in [5, 5.41) is 0. The summed E-state index contributed by atoms with van der Waals surface area (Å²) in [6, 6.07) is 8.15. The van der Waals surface area contributed by atoms with Gasteiger partial charge in [-0.05, 0) is 30.9 Å². The lowest BCUT2D eigenvalue weighted by Gasteiger charge is -2.12. The summed E-state index contributed by atoms with van der Waals surface area (Å²) in [5.41, 5.74) is 8.40. The number of hydrogen-bond donors (Lipinski definition) is 1. The van der Waals surface area contributed by atoms with Gasteiger partial charge in [-0.15, -0.1) is 0 Å². The first-order chi connectivity index (χ1) is 8.17. The van der Waals surface area contributed by atoms with Crippen molar-refractivity contribution in [1.82, 2.24) is 0 Å². The molecule has 0 bridgehead atoms. The Morgan fingerprint density at radius 2 is 1.94 bits per heavy atom. The van der Waals surface area contributed by atoms with Crippen LogP contribution in [0.15, 0.2) is 24.3 Å². The van der Waals surface area contributed by atoms with Crippen LogP contribution in [0.4, 0.5) is 0 Å². The molecule has 0 radical (unpaired) electrons. The first-order valence-electron chi connectivity index (χ1n) is 6.17. The highest BCUT2D eigenvalue weighted by molar-refractivity contribution is 5.69. The van der Waals surface area contributed by atoms with E-state index in [-0.39, 0.29) is 12.0 Å². The van der Waals surface area contributed by atoms with Crippen molar-refractivity contribution < 1.29 is 9.53 Å². The van der Waals surface area contributed by atoms with Crippen LogP contribution in [-0.2, 0) is 16.0 Å². The van der Waals surface area contributed by atoms with Crippen molar-refractivity contribution >= 4 is 5.97 Å². The lowest BCUT2D eigenvalue weighted by molar-refractivity contribution is -0.143. The Labute approximate surface area is 103 Å². The van der Waals surface area contributed by atoms with Gasteiger partial charge in [0.25, 0.3) is 0 Å². The average molecular weight is 235 g/mol. The molecule has 3 nitrogen and oxygen atoms in total. The summed E-state index contributed by atoms with van der Waals surface area (Å²) in [7, 11) is 0. The Hall–Kier alpha value is -1.35. The fraction of sp³-hybridized carbons (Fsp3) is 0.500. The van der Waals surface area contributed by atoms with Crippen LogP contribution in [0.3, 0.4) is 0 Å². The van der Waals surface area contributed by atoms with Gasteiger partial charge in [0.1, 0.15) is 0 Å². The van der Waals surface area contributed by atoms with E-state index in [4.69, 9.17) is 10.5 Å². The minimum atomic E-state index is -0.173. The molecule has 0 saturated carbocycles. The van der Waals surface area contributed by atoms with Gasteiger partial charge in [0.05, 0.1) is 6.61 Å². The van der Waals surface area contributed by atoms with Crippen LogP contribution >= 0.6 is 0 Å². The Morgan fingerprint density at radius 3 is 2.47 bits per heavy atom. The van der Waals surface area contributed by atoms with Crippen molar-refractivity contribution in [2.24, 2.45) is 5.73 Å². The summed E-state index contributed by atoms with van der Waals surface area (Å²) in [6.07, 6.45) is 2.03. The fourth-order valence-corrected chi connectivity index (χ4v) is 1.67. The maximum absolute atomic E-state index is 11.2. The second-order valence-corrected chi connectivity index (χ2v) is 4.05. The highest BCUT2D eigenvalue weighted by Crippen LogP contribution is 2.17. The number of hydrogen-bond acceptors (Lipinski definition) is 3. The first-order valence-corrected chi connectivity index (χ1v) is 6.17. The summed E-state index contributed by atoms with van der Waals surface area (Å²) in [6.45, 7) is 4.36. The molecule has 3 heteroatoms. The van der Waals surface area contributed by atoms with Crippen LogP contribution in [0.1, 0.15) is 43.9 Å². The number of benzene rings is 1. The average Bonchev–Trinajstić information content (AvgIpc) is 2.36. The monoisotopic (exact) mass is 235 g/mol. The van der Waals surface area contributed by atoms with E-state index >= 15 is 0 Å². The Morgan fingerprint density at radius 1 is 1.29 bits per heavy atom. The van der Waals surface area contributed by atoms with E-state index in [1.54, 1.807) is 6.92 Å². The van der Waals surface area contributed by atoms with Crippen molar-refractivity contribution in [3.05, 3.63) is 35.4 Å². The molecule has 1 aromatic rings. The minimum absolute atomic E-state index is 0.0923. The topological polar surface area (TPSA) is 52.3 Å². The van der Waals surface area contributed by atoms with E-state index in [1.807, 2.05) is 12.1 Å². The zero-order valence-corrected chi connectivity index (χ0v) is 10.6. The van der Waals surface area contributed by atoms with Gasteiger partial charge in [0.15, 0.2) is 0 Å². The van der Waals surface area contributed by atoms with Crippen LogP contribution in [0.2, 0.25) is 0 Å². The number of carbonyl (C=O) groups is 1. The predicted octanol–water partition coefficient (Wildman–Crippen LogP) is 2.59. The van der Waals surface area contributed by atoms with Gasteiger partial charge in [-0.25, -0.2) is 0 Å². The molecule has 1 atom stereocenters. The van der Waals surface area contributed by atoms with Crippen LogP contribution in [0.5, 0.6) is 0 Å². The molecule has 94 valence electrons. The molecule has 0 amide bonds. The van der Waals surface area contributed by atoms with Crippen molar-refractivity contribution in [3.8, 4) is 0 Å². The molecule has 0 heterocycles. The molecular weight excluding hydrogens is 214 g/mol. The molecule has 2 N–H and O–H groups in total. The second-order valence-electron chi connectivity index (χ2n) is 4.05. The standard InChI is InChI=1S/C14H21NO2/c1-3-11-5-7-12(8-6-11)13(15)9-10-14(16)17-4-2/h5-8,13H,3-4,9-10,15H2,1-2H3. The maximum atomic E-state index is 11.2. The Bertz CT molecular complexity index is 346. The third kappa shape index (κ3) is 4.57. The normalized spacial score (nSPS) is 12.2. The van der Waals surface area contributed by atoms with Gasteiger partial charge >= 0.3 is 5.97 Å². The molecule has 0 aliphatic carbocycles. The van der Waals surface area contributed by atoms with Crippen molar-refractivity contribution in [3.63, 3.8) is 0 Å². The number of aryl methyl sites for hydroxylation is 1. The molecule has 0 aromatic heterocycles. The largest absolute Gasteiger partial charge is 0.466 e. The third-order valence-corrected chi connectivity index (χ3v) is 2.78. The molecule has 0 aliphatic heterocycles. The first kappa shape index (κ1) is 13.7. The summed E-state index contributed by atoms with van der Waals surface area (Å²) >= 11 is 0. The van der Waals surface area contributed by atoms with Gasteiger partial charge in [0.2, 0.25) is 0 Å². The quantitative estimate of drug-likeness (QED) is 0.771. The fourth-order valence-electron chi connectivity index (χ4n) is 1.67. The van der Waals surface area contributed by atoms with E-state index in [1.165, 1.54) is 5.56 Å². The molecule has 0 aliphatic rings. The van der Waals surface area contributed by atoms with Gasteiger partial charge in [0, 0.05) is 12.5 Å². The maximum Gasteiger partial charge on any atom is 0.305 e. The summed E-state index contributed by atoms with van der Waals surface area (Å²) in [5.74, 6) is -0.173. The molecule has 0 saturated heterocycles. The molecular formula is C14H21NO2. The number of carbonyl (C=O) groups excluding carboxylic acids is 1. The van der Waals surface area contributed by atoms with Crippen LogP contribution in [0.25, 0.3) is 0 Å². The van der Waals surface area contributed by atoms with Crippen molar-refractivity contribution in [1.29, 1.82) is 0 Å². The number of esters is 1. The predicted molar refractivity (Wildman–Crippen MR) is 68.6 cm³/mol. The van der Waals surface area contributed by atoms with Crippen molar-refractivity contribution in [2.45, 2.75) is 39.2 Å². The number of nitrogens with two attached hydrogens (primary N) is 1. The van der Waals surface area contributed by atoms with Crippen molar-refractivity contribution in [2.75, 3.05) is 6.61 Å².